The Balaban J connectivity index is 1.49. The topological polar surface area (TPSA) is 88.9 Å². The van der Waals surface area contributed by atoms with Gasteiger partial charge in [0.1, 0.15) is 5.82 Å². The minimum absolute atomic E-state index is 0.105. The second-order valence-electron chi connectivity index (χ2n) is 5.96. The summed E-state index contributed by atoms with van der Waals surface area (Å²) in [6, 6.07) is 6.58. The predicted octanol–water partition coefficient (Wildman–Crippen LogP) is 1.70. The molecule has 0 saturated carbocycles. The van der Waals surface area contributed by atoms with Crippen molar-refractivity contribution in [2.75, 3.05) is 6.54 Å². The number of nitrogens with one attached hydrogen (secondary N) is 2. The van der Waals surface area contributed by atoms with Crippen molar-refractivity contribution in [2.45, 2.75) is 38.8 Å². The van der Waals surface area contributed by atoms with E-state index in [9.17, 15) is 9.59 Å². The molecular weight excluding hydrogens is 342 g/mol. The molecule has 0 radical (unpaired) electrons. The maximum absolute atomic E-state index is 12.0. The molecule has 1 aromatic carbocycles. The molecule has 0 saturated heterocycles. The summed E-state index contributed by atoms with van der Waals surface area (Å²) in [6.45, 7) is 1.09. The molecule has 132 valence electrons. The first-order valence-electron chi connectivity index (χ1n) is 8.35. The van der Waals surface area contributed by atoms with Crippen molar-refractivity contribution in [1.82, 2.24) is 25.4 Å². The van der Waals surface area contributed by atoms with Crippen LogP contribution < -0.4 is 10.6 Å². The van der Waals surface area contributed by atoms with E-state index >= 15 is 0 Å². The molecule has 8 heteroatoms. The Labute approximate surface area is 150 Å². The van der Waals surface area contributed by atoms with Gasteiger partial charge in [0, 0.05) is 23.6 Å². The summed E-state index contributed by atoms with van der Waals surface area (Å²) in [4.78, 5) is 24.0. The van der Waals surface area contributed by atoms with Crippen LogP contribution in [0.25, 0.3) is 0 Å². The third-order valence-electron chi connectivity index (χ3n) is 4.13. The maximum Gasteiger partial charge on any atom is 0.251 e. The summed E-state index contributed by atoms with van der Waals surface area (Å²) < 4.78 is 2.08. The number of fused-ring (bicyclic) bond motifs is 1. The van der Waals surface area contributed by atoms with Crippen LogP contribution in [0.4, 0.5) is 0 Å². The van der Waals surface area contributed by atoms with E-state index in [0.29, 0.717) is 17.1 Å². The Morgan fingerprint density at radius 3 is 2.88 bits per heavy atom. The van der Waals surface area contributed by atoms with Crippen LogP contribution in [-0.2, 0) is 24.3 Å². The van der Waals surface area contributed by atoms with Gasteiger partial charge >= 0.3 is 0 Å². The highest BCUT2D eigenvalue weighted by molar-refractivity contribution is 6.30. The zero-order valence-corrected chi connectivity index (χ0v) is 14.6. The lowest BCUT2D eigenvalue weighted by molar-refractivity contribution is -0.120. The van der Waals surface area contributed by atoms with Crippen molar-refractivity contribution in [3.63, 3.8) is 0 Å². The molecule has 0 unspecified atom stereocenters. The van der Waals surface area contributed by atoms with E-state index in [4.69, 9.17) is 11.6 Å². The van der Waals surface area contributed by atoms with E-state index in [0.717, 1.165) is 37.5 Å². The first kappa shape index (κ1) is 17.4. The first-order valence-corrected chi connectivity index (χ1v) is 8.72. The standard InChI is InChI=1S/C17H20ClN5O2/c18-13-6-4-5-12(9-13)17(25)20-11-16(24)19-10-15-22-21-14-7-2-1-3-8-23(14)15/h4-6,9H,1-3,7-8,10-11H2,(H,19,24)(H,20,25). The smallest absolute Gasteiger partial charge is 0.251 e. The maximum atomic E-state index is 12.0. The second kappa shape index (κ2) is 8.11. The van der Waals surface area contributed by atoms with Crippen molar-refractivity contribution in [3.8, 4) is 0 Å². The summed E-state index contributed by atoms with van der Waals surface area (Å²) in [7, 11) is 0. The highest BCUT2D eigenvalue weighted by Crippen LogP contribution is 2.14. The van der Waals surface area contributed by atoms with Crippen LogP contribution in [0.15, 0.2) is 24.3 Å². The van der Waals surface area contributed by atoms with Gasteiger partial charge in [0.05, 0.1) is 13.1 Å². The van der Waals surface area contributed by atoms with Crippen molar-refractivity contribution in [1.29, 1.82) is 0 Å². The number of nitrogens with zero attached hydrogens (tertiary/aromatic N) is 3. The summed E-state index contributed by atoms with van der Waals surface area (Å²) in [5.41, 5.74) is 0.420. The zero-order valence-electron chi connectivity index (χ0n) is 13.8. The minimum Gasteiger partial charge on any atom is -0.347 e. The fourth-order valence-electron chi connectivity index (χ4n) is 2.81. The number of aromatic nitrogens is 3. The number of amides is 2. The third kappa shape index (κ3) is 4.57. The molecular formula is C17H20ClN5O2. The number of benzene rings is 1. The quantitative estimate of drug-likeness (QED) is 0.848. The Bertz CT molecular complexity index is 774. The Morgan fingerprint density at radius 2 is 2.04 bits per heavy atom. The zero-order chi connectivity index (χ0) is 17.6. The van der Waals surface area contributed by atoms with Crippen molar-refractivity contribution in [3.05, 3.63) is 46.5 Å². The van der Waals surface area contributed by atoms with Crippen molar-refractivity contribution >= 4 is 23.4 Å². The minimum atomic E-state index is -0.339. The molecule has 2 heterocycles. The second-order valence-corrected chi connectivity index (χ2v) is 6.40. The van der Waals surface area contributed by atoms with Crippen LogP contribution in [-0.4, -0.2) is 33.1 Å². The summed E-state index contributed by atoms with van der Waals surface area (Å²) in [5.74, 6) is 1.12. The lowest BCUT2D eigenvalue weighted by atomic mass is 10.2. The van der Waals surface area contributed by atoms with Crippen LogP contribution in [0.2, 0.25) is 5.02 Å². The molecule has 3 rings (SSSR count). The van der Waals surface area contributed by atoms with Gasteiger partial charge in [-0.3, -0.25) is 9.59 Å². The van der Waals surface area contributed by atoms with E-state index in [1.54, 1.807) is 24.3 Å². The summed E-state index contributed by atoms with van der Waals surface area (Å²) >= 11 is 5.85. The lowest BCUT2D eigenvalue weighted by Crippen LogP contribution is -2.37. The Kier molecular flexibility index (Phi) is 5.65. The lowest BCUT2D eigenvalue weighted by Gasteiger charge is -2.09. The van der Waals surface area contributed by atoms with Gasteiger partial charge in [-0.1, -0.05) is 24.1 Å². The van der Waals surface area contributed by atoms with Crippen LogP contribution in [0.3, 0.4) is 0 Å². The van der Waals surface area contributed by atoms with Gasteiger partial charge < -0.3 is 15.2 Å². The third-order valence-corrected chi connectivity index (χ3v) is 4.36. The van der Waals surface area contributed by atoms with Gasteiger partial charge in [-0.05, 0) is 31.0 Å². The molecule has 0 aliphatic carbocycles. The van der Waals surface area contributed by atoms with Gasteiger partial charge in [0.2, 0.25) is 5.91 Å². The van der Waals surface area contributed by atoms with Gasteiger partial charge in [-0.15, -0.1) is 10.2 Å². The number of hydrogen-bond donors (Lipinski definition) is 2. The van der Waals surface area contributed by atoms with Gasteiger partial charge in [-0.25, -0.2) is 0 Å². The number of aryl methyl sites for hydroxylation is 1. The number of carbonyl (C=O) groups is 2. The van der Waals surface area contributed by atoms with Crippen LogP contribution in [0.1, 0.15) is 41.3 Å². The van der Waals surface area contributed by atoms with Gasteiger partial charge in [-0.2, -0.15) is 0 Å². The molecule has 1 aromatic heterocycles. The molecule has 2 aromatic rings. The van der Waals surface area contributed by atoms with Crippen LogP contribution >= 0.6 is 11.6 Å². The fourth-order valence-corrected chi connectivity index (χ4v) is 3.00. The van der Waals surface area contributed by atoms with Crippen LogP contribution in [0, 0.1) is 0 Å². The molecule has 2 amide bonds. The molecule has 2 N–H and O–H groups in total. The highest BCUT2D eigenvalue weighted by atomic mass is 35.5. The number of hydrogen-bond acceptors (Lipinski definition) is 4. The molecule has 25 heavy (non-hydrogen) atoms. The van der Waals surface area contributed by atoms with Crippen LogP contribution in [0.5, 0.6) is 0 Å². The van der Waals surface area contributed by atoms with Crippen molar-refractivity contribution < 1.29 is 9.59 Å². The van der Waals surface area contributed by atoms with E-state index in [2.05, 4.69) is 25.4 Å². The molecule has 0 atom stereocenters. The average Bonchev–Trinajstić information content (AvgIpc) is 2.84. The van der Waals surface area contributed by atoms with E-state index in [1.807, 2.05) is 0 Å². The number of carbonyl (C=O) groups excluding carboxylic acids is 2. The molecule has 1 aliphatic heterocycles. The summed E-state index contributed by atoms with van der Waals surface area (Å²) in [5, 5.41) is 14.2. The average molecular weight is 362 g/mol. The van der Waals surface area contributed by atoms with E-state index in [1.165, 1.54) is 6.42 Å². The number of halogens is 1. The van der Waals surface area contributed by atoms with Gasteiger partial charge in [0.15, 0.2) is 5.82 Å². The Hall–Kier alpha value is -2.41. The Morgan fingerprint density at radius 1 is 1.16 bits per heavy atom. The van der Waals surface area contributed by atoms with Crippen molar-refractivity contribution in [2.24, 2.45) is 0 Å². The largest absolute Gasteiger partial charge is 0.347 e. The van der Waals surface area contributed by atoms with E-state index in [-0.39, 0.29) is 18.4 Å². The monoisotopic (exact) mass is 361 g/mol. The first-order chi connectivity index (χ1) is 12.1. The molecule has 1 aliphatic rings. The molecule has 7 nitrogen and oxygen atoms in total. The van der Waals surface area contributed by atoms with E-state index < -0.39 is 0 Å². The highest BCUT2D eigenvalue weighted by Gasteiger charge is 2.15. The SMILES string of the molecule is O=C(CNC(=O)c1cccc(Cl)c1)NCc1nnc2n1CCCCC2. The molecule has 0 fully saturated rings. The van der Waals surface area contributed by atoms with Gasteiger partial charge in [0.25, 0.3) is 5.91 Å². The number of rotatable bonds is 5. The summed E-state index contributed by atoms with van der Waals surface area (Å²) in [6.07, 6.45) is 4.34. The molecule has 0 spiro atoms. The normalized spacial score (nSPS) is 13.6. The fraction of sp³-hybridized carbons (Fsp3) is 0.412. The molecule has 0 bridgehead atoms. The predicted molar refractivity (Wildman–Crippen MR) is 93.2 cm³/mol.